The summed E-state index contributed by atoms with van der Waals surface area (Å²) in [5.41, 5.74) is 1.91. The third-order valence-electron chi connectivity index (χ3n) is 2.51. The van der Waals surface area contributed by atoms with E-state index in [1.165, 1.54) is 12.3 Å². The Morgan fingerprint density at radius 2 is 2.24 bits per heavy atom. The number of carbonyl (C=O) groups is 1. The van der Waals surface area contributed by atoms with Gasteiger partial charge in [0.05, 0.1) is 17.7 Å². The molecule has 0 saturated carbocycles. The molecule has 0 aliphatic carbocycles. The van der Waals surface area contributed by atoms with E-state index >= 15 is 0 Å². The smallest absolute Gasteiger partial charge is 0.336 e. The first-order valence-electron chi connectivity index (χ1n) is 5.41. The van der Waals surface area contributed by atoms with Crippen molar-refractivity contribution in [2.24, 2.45) is 0 Å². The number of fused-ring (bicyclic) bond motifs is 1. The number of carboxylic acid groups (broad SMARTS) is 1. The van der Waals surface area contributed by atoms with Crippen LogP contribution >= 0.6 is 0 Å². The van der Waals surface area contributed by atoms with E-state index in [4.69, 9.17) is 9.84 Å². The minimum Gasteiger partial charge on any atom is -0.478 e. The lowest BCUT2D eigenvalue weighted by molar-refractivity contribution is 0.0699. The van der Waals surface area contributed by atoms with Gasteiger partial charge in [0.1, 0.15) is 0 Å². The second kappa shape index (κ2) is 4.93. The van der Waals surface area contributed by atoms with Crippen LogP contribution in [-0.2, 0) is 11.3 Å². The number of nitrogens with zero attached hydrogens (tertiary/aromatic N) is 1. The Bertz CT molecular complexity index is 551. The summed E-state index contributed by atoms with van der Waals surface area (Å²) in [6, 6.07) is 7.04. The van der Waals surface area contributed by atoms with Gasteiger partial charge in [-0.05, 0) is 30.7 Å². The molecule has 0 spiro atoms. The Morgan fingerprint density at radius 3 is 2.94 bits per heavy atom. The van der Waals surface area contributed by atoms with Gasteiger partial charge >= 0.3 is 5.97 Å². The van der Waals surface area contributed by atoms with Crippen LogP contribution in [0.3, 0.4) is 0 Å². The van der Waals surface area contributed by atoms with E-state index in [2.05, 4.69) is 4.98 Å². The van der Waals surface area contributed by atoms with Crippen molar-refractivity contribution in [1.29, 1.82) is 0 Å². The van der Waals surface area contributed by atoms with Gasteiger partial charge in [-0.15, -0.1) is 0 Å². The van der Waals surface area contributed by atoms with Crippen LogP contribution in [0.4, 0.5) is 0 Å². The summed E-state index contributed by atoms with van der Waals surface area (Å²) >= 11 is 0. The molecule has 0 amide bonds. The summed E-state index contributed by atoms with van der Waals surface area (Å²) in [5.74, 6) is -0.939. The molecule has 0 bridgehead atoms. The number of carboxylic acids is 1. The molecular weight excluding hydrogens is 218 g/mol. The first-order valence-corrected chi connectivity index (χ1v) is 5.41. The highest BCUT2D eigenvalue weighted by molar-refractivity contribution is 6.02. The fraction of sp³-hybridized carbons (Fsp3) is 0.231. The Kier molecular flexibility index (Phi) is 3.35. The second-order valence-corrected chi connectivity index (χ2v) is 3.65. The van der Waals surface area contributed by atoms with Gasteiger partial charge in [0.2, 0.25) is 0 Å². The molecule has 17 heavy (non-hydrogen) atoms. The molecule has 1 N–H and O–H groups in total. The first-order chi connectivity index (χ1) is 8.22. The summed E-state index contributed by atoms with van der Waals surface area (Å²) in [4.78, 5) is 15.2. The summed E-state index contributed by atoms with van der Waals surface area (Å²) in [7, 11) is 0. The largest absolute Gasteiger partial charge is 0.478 e. The lowest BCUT2D eigenvalue weighted by Gasteiger charge is -2.05. The van der Waals surface area contributed by atoms with Gasteiger partial charge in [-0.25, -0.2) is 4.79 Å². The van der Waals surface area contributed by atoms with Crippen molar-refractivity contribution in [3.8, 4) is 0 Å². The van der Waals surface area contributed by atoms with Crippen molar-refractivity contribution >= 4 is 16.9 Å². The molecule has 0 saturated heterocycles. The summed E-state index contributed by atoms with van der Waals surface area (Å²) in [5, 5.41) is 9.74. The molecule has 88 valence electrons. The highest BCUT2D eigenvalue weighted by Gasteiger charge is 2.09. The second-order valence-electron chi connectivity index (χ2n) is 3.65. The number of aromatic nitrogens is 1. The molecule has 4 nitrogen and oxygen atoms in total. The number of benzene rings is 1. The predicted octanol–water partition coefficient (Wildman–Crippen LogP) is 2.47. The molecular formula is C13H13NO3. The predicted molar refractivity (Wildman–Crippen MR) is 64.0 cm³/mol. The minimum absolute atomic E-state index is 0.272. The first kappa shape index (κ1) is 11.5. The zero-order chi connectivity index (χ0) is 12.3. The van der Waals surface area contributed by atoms with Gasteiger partial charge in [-0.2, -0.15) is 0 Å². The van der Waals surface area contributed by atoms with Crippen LogP contribution in [0.5, 0.6) is 0 Å². The maximum Gasteiger partial charge on any atom is 0.336 e. The quantitative estimate of drug-likeness (QED) is 0.878. The van der Waals surface area contributed by atoms with Gasteiger partial charge in [-0.1, -0.05) is 6.07 Å². The molecule has 0 aliphatic heterocycles. The molecule has 2 rings (SSSR count). The lowest BCUT2D eigenvalue weighted by Crippen LogP contribution is -1.99. The van der Waals surface area contributed by atoms with Crippen molar-refractivity contribution in [2.45, 2.75) is 13.5 Å². The summed E-state index contributed by atoms with van der Waals surface area (Å²) < 4.78 is 5.30. The van der Waals surface area contributed by atoms with Crippen LogP contribution in [-0.4, -0.2) is 22.7 Å². The van der Waals surface area contributed by atoms with Crippen LogP contribution in [0.15, 0.2) is 30.5 Å². The van der Waals surface area contributed by atoms with Crippen molar-refractivity contribution in [1.82, 2.24) is 4.98 Å². The molecule has 1 aromatic carbocycles. The molecule has 0 radical (unpaired) electrons. The van der Waals surface area contributed by atoms with Crippen LogP contribution in [0.2, 0.25) is 0 Å². The third-order valence-corrected chi connectivity index (χ3v) is 2.51. The SMILES string of the molecule is CCOCc1ccc2nccc(C(=O)O)c2c1. The Hall–Kier alpha value is -1.94. The molecule has 0 unspecified atom stereocenters. The summed E-state index contributed by atoms with van der Waals surface area (Å²) in [6.45, 7) is 3.04. The van der Waals surface area contributed by atoms with Gasteiger partial charge < -0.3 is 9.84 Å². The van der Waals surface area contributed by atoms with Gasteiger partial charge in [0.15, 0.2) is 0 Å². The highest BCUT2D eigenvalue weighted by atomic mass is 16.5. The average molecular weight is 231 g/mol. The fourth-order valence-corrected chi connectivity index (χ4v) is 1.69. The minimum atomic E-state index is -0.939. The Labute approximate surface area is 98.9 Å². The number of rotatable bonds is 4. The van der Waals surface area contributed by atoms with Gasteiger partial charge in [0, 0.05) is 18.2 Å². The topological polar surface area (TPSA) is 59.4 Å². The molecule has 1 heterocycles. The summed E-state index contributed by atoms with van der Waals surface area (Å²) in [6.07, 6.45) is 1.51. The van der Waals surface area contributed by atoms with Crippen LogP contribution in [0.1, 0.15) is 22.8 Å². The van der Waals surface area contributed by atoms with E-state index in [1.807, 2.05) is 25.1 Å². The molecule has 4 heteroatoms. The van der Waals surface area contributed by atoms with E-state index in [0.29, 0.717) is 24.1 Å². The highest BCUT2D eigenvalue weighted by Crippen LogP contribution is 2.19. The van der Waals surface area contributed by atoms with Crippen LogP contribution in [0, 0.1) is 0 Å². The molecule has 0 aliphatic rings. The van der Waals surface area contributed by atoms with E-state index in [-0.39, 0.29) is 5.56 Å². The van der Waals surface area contributed by atoms with E-state index in [0.717, 1.165) is 5.56 Å². The van der Waals surface area contributed by atoms with E-state index in [1.54, 1.807) is 0 Å². The maximum atomic E-state index is 11.1. The third kappa shape index (κ3) is 2.42. The molecule has 0 atom stereocenters. The monoisotopic (exact) mass is 231 g/mol. The number of aromatic carboxylic acids is 1. The average Bonchev–Trinajstić information content (AvgIpc) is 2.35. The lowest BCUT2D eigenvalue weighted by atomic mass is 10.1. The zero-order valence-corrected chi connectivity index (χ0v) is 9.51. The molecule has 0 fully saturated rings. The van der Waals surface area contributed by atoms with Crippen molar-refractivity contribution in [3.05, 3.63) is 41.6 Å². The van der Waals surface area contributed by atoms with E-state index in [9.17, 15) is 4.79 Å². The number of hydrogen-bond donors (Lipinski definition) is 1. The Balaban J connectivity index is 2.50. The number of pyridine rings is 1. The maximum absolute atomic E-state index is 11.1. The zero-order valence-electron chi connectivity index (χ0n) is 9.51. The van der Waals surface area contributed by atoms with Crippen LogP contribution in [0.25, 0.3) is 10.9 Å². The van der Waals surface area contributed by atoms with Crippen molar-refractivity contribution in [2.75, 3.05) is 6.61 Å². The van der Waals surface area contributed by atoms with E-state index < -0.39 is 5.97 Å². The number of ether oxygens (including phenoxy) is 1. The standard InChI is InChI=1S/C13H13NO3/c1-2-17-8-9-3-4-12-11(7-9)10(13(15)16)5-6-14-12/h3-7H,2,8H2,1H3,(H,15,16). The van der Waals surface area contributed by atoms with Gasteiger partial charge in [0.25, 0.3) is 0 Å². The Morgan fingerprint density at radius 1 is 1.41 bits per heavy atom. The molecule has 2 aromatic rings. The van der Waals surface area contributed by atoms with Gasteiger partial charge in [-0.3, -0.25) is 4.98 Å². The van der Waals surface area contributed by atoms with Crippen molar-refractivity contribution < 1.29 is 14.6 Å². The normalized spacial score (nSPS) is 10.6. The van der Waals surface area contributed by atoms with Crippen LogP contribution < -0.4 is 0 Å². The fourth-order valence-electron chi connectivity index (χ4n) is 1.69. The number of hydrogen-bond acceptors (Lipinski definition) is 3. The van der Waals surface area contributed by atoms with Crippen molar-refractivity contribution in [3.63, 3.8) is 0 Å². The molecule has 1 aromatic heterocycles.